The average Bonchev–Trinajstić information content (AvgIpc) is 2.53. The Hall–Kier alpha value is -2.06. The van der Waals surface area contributed by atoms with Gasteiger partial charge in [0, 0.05) is 18.4 Å². The van der Waals surface area contributed by atoms with Gasteiger partial charge in [-0.1, -0.05) is 18.2 Å². The van der Waals surface area contributed by atoms with Crippen LogP contribution in [0.1, 0.15) is 6.92 Å². The molecule has 2 heterocycles. The van der Waals surface area contributed by atoms with E-state index in [1.54, 1.807) is 24.3 Å². The predicted molar refractivity (Wildman–Crippen MR) is 83.9 cm³/mol. The monoisotopic (exact) mass is 336 g/mol. The van der Waals surface area contributed by atoms with Gasteiger partial charge in [-0.2, -0.15) is 0 Å². The molecule has 2 unspecified atom stereocenters. The molecule has 0 aromatic heterocycles. The molecule has 2 fully saturated rings. The minimum Gasteiger partial charge on any atom is -0.479 e. The second-order valence-electron chi connectivity index (χ2n) is 5.67. The van der Waals surface area contributed by atoms with Crippen LogP contribution < -0.4 is 4.90 Å². The first-order valence-electron chi connectivity index (χ1n) is 7.08. The minimum atomic E-state index is -1.93. The highest BCUT2D eigenvalue weighted by atomic mass is 32.2. The number of fused-ring (bicyclic) bond motifs is 1. The Bertz CT molecular complexity index is 667. The Morgan fingerprint density at radius 3 is 2.57 bits per heavy atom. The number of para-hydroxylation sites is 1. The van der Waals surface area contributed by atoms with Gasteiger partial charge in [0.25, 0.3) is 0 Å². The first-order chi connectivity index (χ1) is 10.8. The summed E-state index contributed by atoms with van der Waals surface area (Å²) in [5.74, 6) is -1.96. The van der Waals surface area contributed by atoms with Crippen molar-refractivity contribution in [1.82, 2.24) is 4.90 Å². The normalized spacial score (nSPS) is 29.5. The zero-order chi connectivity index (χ0) is 16.8. The quantitative estimate of drug-likeness (QED) is 0.762. The number of hydrogen-bond acceptors (Lipinski definition) is 5. The summed E-state index contributed by atoms with van der Waals surface area (Å²) in [6.07, 6.45) is 0. The SMILES string of the molecule is CC(=O)N(c1ccccc1)C1C(=O)N2CC(O)(C(=O)O)CS[C@H]12. The summed E-state index contributed by atoms with van der Waals surface area (Å²) in [5, 5.41) is 18.8. The summed E-state index contributed by atoms with van der Waals surface area (Å²) in [7, 11) is 0. The van der Waals surface area contributed by atoms with Crippen molar-refractivity contribution < 1.29 is 24.6 Å². The van der Waals surface area contributed by atoms with Gasteiger partial charge in [0.2, 0.25) is 11.8 Å². The number of carboxylic acids is 1. The first-order valence-corrected chi connectivity index (χ1v) is 8.13. The summed E-state index contributed by atoms with van der Waals surface area (Å²) < 4.78 is 0. The molecule has 2 amide bonds. The van der Waals surface area contributed by atoms with Crippen molar-refractivity contribution in [2.45, 2.75) is 23.9 Å². The predicted octanol–water partition coefficient (Wildman–Crippen LogP) is 0.139. The molecule has 0 radical (unpaired) electrons. The number of β-lactam (4-membered cyclic amide) rings is 1. The van der Waals surface area contributed by atoms with Crippen LogP contribution in [0.25, 0.3) is 0 Å². The molecule has 0 aliphatic carbocycles. The zero-order valence-electron chi connectivity index (χ0n) is 12.4. The second kappa shape index (κ2) is 5.54. The van der Waals surface area contributed by atoms with Gasteiger partial charge in [0.1, 0.15) is 11.4 Å². The Labute approximate surface area is 136 Å². The second-order valence-corrected chi connectivity index (χ2v) is 6.78. The zero-order valence-corrected chi connectivity index (χ0v) is 13.2. The van der Waals surface area contributed by atoms with Crippen LogP contribution in [0.5, 0.6) is 0 Å². The number of aliphatic carboxylic acids is 1. The molecule has 0 bridgehead atoms. The fourth-order valence-corrected chi connectivity index (χ4v) is 4.34. The van der Waals surface area contributed by atoms with E-state index in [9.17, 15) is 19.5 Å². The maximum absolute atomic E-state index is 12.4. The number of anilines is 1. The van der Waals surface area contributed by atoms with Crippen LogP contribution in [0.2, 0.25) is 0 Å². The van der Waals surface area contributed by atoms with Gasteiger partial charge >= 0.3 is 5.97 Å². The highest BCUT2D eigenvalue weighted by Crippen LogP contribution is 2.41. The fourth-order valence-electron chi connectivity index (χ4n) is 2.90. The topological polar surface area (TPSA) is 98.2 Å². The van der Waals surface area contributed by atoms with Crippen LogP contribution in [0.3, 0.4) is 0 Å². The summed E-state index contributed by atoms with van der Waals surface area (Å²) in [6, 6.07) is 8.21. The number of thioether (sulfide) groups is 1. The van der Waals surface area contributed by atoms with E-state index >= 15 is 0 Å². The third-order valence-corrected chi connectivity index (χ3v) is 5.59. The van der Waals surface area contributed by atoms with E-state index in [1.807, 2.05) is 6.07 Å². The average molecular weight is 336 g/mol. The van der Waals surface area contributed by atoms with E-state index in [4.69, 9.17) is 5.11 Å². The molecule has 1 aromatic carbocycles. The molecular formula is C15H16N2O5S. The van der Waals surface area contributed by atoms with E-state index in [1.165, 1.54) is 28.5 Å². The van der Waals surface area contributed by atoms with Crippen LogP contribution in [-0.2, 0) is 14.4 Å². The van der Waals surface area contributed by atoms with Crippen molar-refractivity contribution in [1.29, 1.82) is 0 Å². The van der Waals surface area contributed by atoms with Crippen LogP contribution in [-0.4, -0.2) is 62.2 Å². The molecule has 0 saturated carbocycles. The molecule has 2 saturated heterocycles. The molecule has 7 nitrogen and oxygen atoms in total. The number of carboxylic acid groups (broad SMARTS) is 1. The van der Waals surface area contributed by atoms with Gasteiger partial charge in [-0.25, -0.2) is 4.79 Å². The summed E-state index contributed by atoms with van der Waals surface area (Å²) in [4.78, 5) is 38.4. The van der Waals surface area contributed by atoms with Gasteiger partial charge in [0.05, 0.1) is 6.54 Å². The number of rotatable bonds is 3. The summed E-state index contributed by atoms with van der Waals surface area (Å²) >= 11 is 1.18. The number of amides is 2. The maximum atomic E-state index is 12.4. The number of hydrogen-bond donors (Lipinski definition) is 2. The van der Waals surface area contributed by atoms with Gasteiger partial charge in [-0.15, -0.1) is 11.8 Å². The smallest absolute Gasteiger partial charge is 0.338 e. The Kier molecular flexibility index (Phi) is 3.81. The minimum absolute atomic E-state index is 0.0200. The number of nitrogens with zero attached hydrogens (tertiary/aromatic N) is 2. The summed E-state index contributed by atoms with van der Waals surface area (Å²) in [5.41, 5.74) is -1.31. The Morgan fingerprint density at radius 2 is 2.00 bits per heavy atom. The lowest BCUT2D eigenvalue weighted by molar-refractivity contribution is -0.166. The lowest BCUT2D eigenvalue weighted by Crippen LogP contribution is -2.75. The Morgan fingerprint density at radius 1 is 1.35 bits per heavy atom. The van der Waals surface area contributed by atoms with E-state index in [0.717, 1.165) is 0 Å². The molecule has 0 spiro atoms. The van der Waals surface area contributed by atoms with Crippen molar-refractivity contribution in [3.63, 3.8) is 0 Å². The number of benzene rings is 1. The number of aliphatic hydroxyl groups is 1. The molecule has 2 N–H and O–H groups in total. The van der Waals surface area contributed by atoms with Crippen molar-refractivity contribution in [3.8, 4) is 0 Å². The molecule has 8 heteroatoms. The van der Waals surface area contributed by atoms with Crippen molar-refractivity contribution in [3.05, 3.63) is 30.3 Å². The molecule has 122 valence electrons. The number of carbonyl (C=O) groups is 3. The van der Waals surface area contributed by atoms with Crippen LogP contribution in [0, 0.1) is 0 Å². The van der Waals surface area contributed by atoms with E-state index in [-0.39, 0.29) is 29.5 Å². The Balaban J connectivity index is 1.85. The van der Waals surface area contributed by atoms with E-state index in [2.05, 4.69) is 0 Å². The van der Waals surface area contributed by atoms with Crippen molar-refractivity contribution in [2.24, 2.45) is 0 Å². The van der Waals surface area contributed by atoms with Crippen molar-refractivity contribution >= 4 is 35.2 Å². The highest BCUT2D eigenvalue weighted by molar-refractivity contribution is 8.00. The standard InChI is InChI=1S/C15H16N2O5S/c1-9(18)17(10-5-3-2-4-6-10)11-12(19)16-7-15(22,14(20)21)8-23-13(11)16/h2-6,11,13,22H,7-8H2,1H3,(H,20,21)/t11?,13-,15?/m1/s1. The highest BCUT2D eigenvalue weighted by Gasteiger charge is 2.59. The van der Waals surface area contributed by atoms with Crippen LogP contribution >= 0.6 is 11.8 Å². The molecule has 23 heavy (non-hydrogen) atoms. The first kappa shape index (κ1) is 15.8. The molecule has 3 rings (SSSR count). The van der Waals surface area contributed by atoms with E-state index < -0.39 is 17.6 Å². The molecular weight excluding hydrogens is 320 g/mol. The van der Waals surface area contributed by atoms with Gasteiger partial charge in [0.15, 0.2) is 5.60 Å². The number of carbonyl (C=O) groups excluding carboxylic acids is 2. The lowest BCUT2D eigenvalue weighted by atomic mass is 9.98. The third kappa shape index (κ3) is 2.47. The van der Waals surface area contributed by atoms with Crippen LogP contribution in [0.4, 0.5) is 5.69 Å². The summed E-state index contributed by atoms with van der Waals surface area (Å²) in [6.45, 7) is 1.14. The van der Waals surface area contributed by atoms with Crippen molar-refractivity contribution in [2.75, 3.05) is 17.2 Å². The van der Waals surface area contributed by atoms with Gasteiger partial charge in [-0.05, 0) is 12.1 Å². The lowest BCUT2D eigenvalue weighted by Gasteiger charge is -2.55. The van der Waals surface area contributed by atoms with Crippen LogP contribution in [0.15, 0.2) is 30.3 Å². The van der Waals surface area contributed by atoms with Gasteiger partial charge < -0.3 is 15.1 Å². The van der Waals surface area contributed by atoms with Gasteiger partial charge in [-0.3, -0.25) is 14.5 Å². The largest absolute Gasteiger partial charge is 0.479 e. The third-order valence-electron chi connectivity index (χ3n) is 4.09. The van der Waals surface area contributed by atoms with E-state index in [0.29, 0.717) is 5.69 Å². The molecule has 2 aliphatic heterocycles. The fraction of sp³-hybridized carbons (Fsp3) is 0.400. The molecule has 2 aliphatic rings. The molecule has 1 aromatic rings. The maximum Gasteiger partial charge on any atom is 0.338 e. The molecule has 3 atom stereocenters.